The molecule has 1 unspecified atom stereocenters. The van der Waals surface area contributed by atoms with E-state index < -0.39 is 0 Å². The first-order chi connectivity index (χ1) is 7.61. The van der Waals surface area contributed by atoms with Crippen LogP contribution < -0.4 is 10.1 Å². The second kappa shape index (κ2) is 5.95. The third-order valence-electron chi connectivity index (χ3n) is 2.10. The lowest BCUT2D eigenvalue weighted by atomic mass is 10.2. The van der Waals surface area contributed by atoms with Gasteiger partial charge in [0, 0.05) is 0 Å². The van der Waals surface area contributed by atoms with Gasteiger partial charge in [-0.25, -0.2) is 0 Å². The molecule has 0 aliphatic carbocycles. The molecular weight excluding hydrogens is 202 g/mol. The van der Waals surface area contributed by atoms with E-state index in [0.29, 0.717) is 6.61 Å². The number of benzene rings is 1. The zero-order valence-corrected chi connectivity index (χ0v) is 9.69. The van der Waals surface area contributed by atoms with Crippen LogP contribution in [-0.2, 0) is 4.79 Å². The fourth-order valence-electron chi connectivity index (χ4n) is 1.20. The summed E-state index contributed by atoms with van der Waals surface area (Å²) in [5, 5.41) is 2.73. The van der Waals surface area contributed by atoms with Crippen LogP contribution in [0.15, 0.2) is 36.9 Å². The molecular formula is C13H17NO2. The van der Waals surface area contributed by atoms with Crippen molar-refractivity contribution in [2.24, 2.45) is 0 Å². The molecule has 0 bridgehead atoms. The van der Waals surface area contributed by atoms with Crippen LogP contribution in [0.5, 0.6) is 5.75 Å². The number of ether oxygens (including phenoxy) is 1. The maximum absolute atomic E-state index is 11.0. The largest absolute Gasteiger partial charge is 0.491 e. The van der Waals surface area contributed by atoms with Crippen molar-refractivity contribution in [3.05, 3.63) is 42.5 Å². The molecule has 0 aromatic heterocycles. The van der Waals surface area contributed by atoms with Crippen molar-refractivity contribution in [1.82, 2.24) is 5.32 Å². The Balaban J connectivity index is 2.36. The van der Waals surface area contributed by atoms with Gasteiger partial charge in [0.25, 0.3) is 0 Å². The first-order valence-electron chi connectivity index (χ1n) is 5.24. The van der Waals surface area contributed by atoms with Gasteiger partial charge in [0.15, 0.2) is 0 Å². The topological polar surface area (TPSA) is 38.3 Å². The highest BCUT2D eigenvalue weighted by Gasteiger charge is 2.04. The van der Waals surface area contributed by atoms with Crippen molar-refractivity contribution in [2.45, 2.75) is 19.9 Å². The molecule has 86 valence electrons. The van der Waals surface area contributed by atoms with Gasteiger partial charge in [-0.05, 0) is 32.1 Å². The first kappa shape index (κ1) is 12.3. The Bertz CT molecular complexity index is 357. The number of amides is 1. The second-order valence-corrected chi connectivity index (χ2v) is 3.74. The summed E-state index contributed by atoms with van der Waals surface area (Å²) >= 11 is 0. The predicted octanol–water partition coefficient (Wildman–Crippen LogP) is 2.06. The van der Waals surface area contributed by atoms with E-state index in [1.54, 1.807) is 0 Å². The van der Waals surface area contributed by atoms with Crippen molar-refractivity contribution in [3.63, 3.8) is 0 Å². The Kier molecular flexibility index (Phi) is 4.58. The van der Waals surface area contributed by atoms with Gasteiger partial charge in [-0.1, -0.05) is 24.3 Å². The molecule has 0 heterocycles. The van der Waals surface area contributed by atoms with E-state index in [1.165, 1.54) is 11.6 Å². The first-order valence-corrected chi connectivity index (χ1v) is 5.24. The molecule has 0 spiro atoms. The summed E-state index contributed by atoms with van der Waals surface area (Å²) in [4.78, 5) is 11.0. The third-order valence-corrected chi connectivity index (χ3v) is 2.10. The van der Waals surface area contributed by atoms with E-state index in [4.69, 9.17) is 4.74 Å². The summed E-state index contributed by atoms with van der Waals surface area (Å²) in [5.41, 5.74) is 1.19. The fourth-order valence-corrected chi connectivity index (χ4v) is 1.20. The Morgan fingerprint density at radius 2 is 2.12 bits per heavy atom. The maximum Gasteiger partial charge on any atom is 0.243 e. The van der Waals surface area contributed by atoms with Gasteiger partial charge >= 0.3 is 0 Å². The number of nitrogens with one attached hydrogen (secondary N) is 1. The van der Waals surface area contributed by atoms with E-state index in [9.17, 15) is 4.79 Å². The molecule has 1 aromatic rings. The summed E-state index contributed by atoms with van der Waals surface area (Å²) in [7, 11) is 0. The highest BCUT2D eigenvalue weighted by atomic mass is 16.5. The monoisotopic (exact) mass is 219 g/mol. The number of hydrogen-bond acceptors (Lipinski definition) is 2. The van der Waals surface area contributed by atoms with E-state index in [2.05, 4.69) is 11.9 Å². The highest BCUT2D eigenvalue weighted by Crippen LogP contribution is 2.11. The average Bonchev–Trinajstić information content (AvgIpc) is 2.28. The quantitative estimate of drug-likeness (QED) is 0.770. The molecule has 16 heavy (non-hydrogen) atoms. The summed E-state index contributed by atoms with van der Waals surface area (Å²) < 4.78 is 5.52. The van der Waals surface area contributed by atoms with E-state index in [-0.39, 0.29) is 11.9 Å². The van der Waals surface area contributed by atoms with Gasteiger partial charge in [0.2, 0.25) is 5.91 Å². The van der Waals surface area contributed by atoms with Crippen LogP contribution in [0.2, 0.25) is 0 Å². The molecule has 0 saturated heterocycles. The minimum absolute atomic E-state index is 0.0354. The summed E-state index contributed by atoms with van der Waals surface area (Å²) in [6, 6.07) is 7.77. The van der Waals surface area contributed by atoms with Crippen molar-refractivity contribution >= 4 is 5.91 Å². The summed E-state index contributed by atoms with van der Waals surface area (Å²) in [5.74, 6) is 0.630. The van der Waals surface area contributed by atoms with Crippen molar-refractivity contribution in [3.8, 4) is 5.75 Å². The second-order valence-electron chi connectivity index (χ2n) is 3.74. The summed E-state index contributed by atoms with van der Waals surface area (Å²) in [6.45, 7) is 7.74. The lowest BCUT2D eigenvalue weighted by Crippen LogP contribution is -2.35. The smallest absolute Gasteiger partial charge is 0.243 e. The number of carbonyl (C=O) groups is 1. The van der Waals surface area contributed by atoms with Gasteiger partial charge < -0.3 is 10.1 Å². The lowest BCUT2D eigenvalue weighted by molar-refractivity contribution is -0.117. The molecule has 1 atom stereocenters. The van der Waals surface area contributed by atoms with Gasteiger partial charge in [-0.3, -0.25) is 4.79 Å². The molecule has 3 nitrogen and oxygen atoms in total. The number of rotatable bonds is 5. The molecule has 0 fully saturated rings. The molecule has 1 amide bonds. The lowest BCUT2D eigenvalue weighted by Gasteiger charge is -2.13. The minimum atomic E-state index is -0.181. The molecule has 1 N–H and O–H groups in total. The number of carbonyl (C=O) groups excluding carboxylic acids is 1. The normalized spacial score (nSPS) is 11.6. The molecule has 3 heteroatoms. The van der Waals surface area contributed by atoms with E-state index >= 15 is 0 Å². The standard InChI is InChI=1S/C13H17NO2/c1-4-13(15)14-11(3)9-16-12-7-5-10(2)6-8-12/h4-8,11H,1,9H2,2-3H3,(H,14,15). The van der Waals surface area contributed by atoms with Crippen LogP contribution in [0.1, 0.15) is 12.5 Å². The molecule has 0 aliphatic rings. The van der Waals surface area contributed by atoms with E-state index in [0.717, 1.165) is 5.75 Å². The van der Waals surface area contributed by atoms with Crippen LogP contribution in [0, 0.1) is 6.92 Å². The van der Waals surface area contributed by atoms with Gasteiger partial charge in [0.05, 0.1) is 6.04 Å². The Labute approximate surface area is 96.1 Å². The SMILES string of the molecule is C=CC(=O)NC(C)COc1ccc(C)cc1. The Hall–Kier alpha value is -1.77. The van der Waals surface area contributed by atoms with Crippen molar-refractivity contribution < 1.29 is 9.53 Å². The van der Waals surface area contributed by atoms with Gasteiger partial charge in [-0.2, -0.15) is 0 Å². The molecule has 0 saturated carbocycles. The molecule has 0 radical (unpaired) electrons. The third kappa shape index (κ3) is 4.17. The van der Waals surface area contributed by atoms with Gasteiger partial charge in [0.1, 0.15) is 12.4 Å². The fraction of sp³-hybridized carbons (Fsp3) is 0.308. The molecule has 1 rings (SSSR count). The number of aryl methyl sites for hydroxylation is 1. The molecule has 1 aromatic carbocycles. The van der Waals surface area contributed by atoms with Crippen LogP contribution >= 0.6 is 0 Å². The van der Waals surface area contributed by atoms with Crippen LogP contribution in [0.4, 0.5) is 0 Å². The van der Waals surface area contributed by atoms with Gasteiger partial charge in [-0.15, -0.1) is 0 Å². The van der Waals surface area contributed by atoms with Crippen molar-refractivity contribution in [1.29, 1.82) is 0 Å². The maximum atomic E-state index is 11.0. The Morgan fingerprint density at radius 3 is 2.69 bits per heavy atom. The Morgan fingerprint density at radius 1 is 1.50 bits per heavy atom. The van der Waals surface area contributed by atoms with Crippen LogP contribution in [0.25, 0.3) is 0 Å². The summed E-state index contributed by atoms with van der Waals surface area (Å²) in [6.07, 6.45) is 1.25. The van der Waals surface area contributed by atoms with Crippen molar-refractivity contribution in [2.75, 3.05) is 6.61 Å². The zero-order valence-electron chi connectivity index (χ0n) is 9.69. The predicted molar refractivity (Wildman–Crippen MR) is 64.5 cm³/mol. The minimum Gasteiger partial charge on any atom is -0.491 e. The highest BCUT2D eigenvalue weighted by molar-refractivity contribution is 5.87. The van der Waals surface area contributed by atoms with E-state index in [1.807, 2.05) is 38.1 Å². The van der Waals surface area contributed by atoms with Crippen LogP contribution in [0.3, 0.4) is 0 Å². The zero-order chi connectivity index (χ0) is 12.0. The molecule has 0 aliphatic heterocycles. The number of hydrogen-bond donors (Lipinski definition) is 1. The van der Waals surface area contributed by atoms with Crippen LogP contribution in [-0.4, -0.2) is 18.6 Å². The average molecular weight is 219 g/mol.